The molecule has 24 heavy (non-hydrogen) atoms. The largest absolute Gasteiger partial charge is 0.394 e. The van der Waals surface area contributed by atoms with Gasteiger partial charge in [-0.2, -0.15) is 0 Å². The third-order valence-electron chi connectivity index (χ3n) is 6.70. The van der Waals surface area contributed by atoms with Crippen molar-refractivity contribution in [2.24, 2.45) is 17.8 Å². The lowest BCUT2D eigenvalue weighted by atomic mass is 9.88. The molecule has 0 aromatic rings. The van der Waals surface area contributed by atoms with Crippen LogP contribution >= 0.6 is 0 Å². The Morgan fingerprint density at radius 2 is 1.79 bits per heavy atom. The molecule has 3 rings (SSSR count). The molecule has 138 valence electrons. The van der Waals surface area contributed by atoms with E-state index in [0.29, 0.717) is 17.7 Å². The molecule has 0 bridgehead atoms. The van der Waals surface area contributed by atoms with E-state index in [2.05, 4.69) is 28.7 Å². The van der Waals surface area contributed by atoms with Gasteiger partial charge in [0.05, 0.1) is 12.6 Å². The molecular formula is C19H35N3O2. The first-order valence-electron chi connectivity index (χ1n) is 9.96. The highest BCUT2D eigenvalue weighted by atomic mass is 16.3. The maximum Gasteiger partial charge on any atom is 0.226 e. The third-order valence-corrected chi connectivity index (χ3v) is 6.70. The minimum atomic E-state index is 0.0303. The van der Waals surface area contributed by atoms with E-state index in [1.165, 1.54) is 12.8 Å². The second kappa shape index (κ2) is 8.15. The summed E-state index contributed by atoms with van der Waals surface area (Å²) < 4.78 is 0. The first kappa shape index (κ1) is 18.2. The van der Waals surface area contributed by atoms with E-state index in [4.69, 9.17) is 0 Å². The second-order valence-electron chi connectivity index (χ2n) is 8.16. The van der Waals surface area contributed by atoms with E-state index in [0.717, 1.165) is 58.5 Å². The van der Waals surface area contributed by atoms with Gasteiger partial charge in [0.15, 0.2) is 0 Å². The van der Waals surface area contributed by atoms with Gasteiger partial charge >= 0.3 is 0 Å². The number of hydrogen-bond acceptors (Lipinski definition) is 4. The number of rotatable bonds is 5. The summed E-state index contributed by atoms with van der Waals surface area (Å²) in [6, 6.07) is 0.0303. The van der Waals surface area contributed by atoms with E-state index in [1.54, 1.807) is 0 Å². The number of hydrogen-bond donors (Lipinski definition) is 1. The maximum absolute atomic E-state index is 13.0. The van der Waals surface area contributed by atoms with E-state index in [9.17, 15) is 9.90 Å². The van der Waals surface area contributed by atoms with Gasteiger partial charge in [-0.05, 0) is 31.7 Å². The Labute approximate surface area is 147 Å². The van der Waals surface area contributed by atoms with Crippen molar-refractivity contribution < 1.29 is 9.90 Å². The molecule has 5 nitrogen and oxygen atoms in total. The van der Waals surface area contributed by atoms with Gasteiger partial charge in [0.1, 0.15) is 0 Å². The van der Waals surface area contributed by atoms with Crippen LogP contribution in [-0.2, 0) is 4.79 Å². The molecule has 1 saturated carbocycles. The number of likely N-dealkylation sites (N-methyl/N-ethyl adjacent to an activating group) is 1. The van der Waals surface area contributed by atoms with Gasteiger partial charge in [-0.15, -0.1) is 0 Å². The lowest BCUT2D eigenvalue weighted by molar-refractivity contribution is -0.137. The quantitative estimate of drug-likeness (QED) is 0.821. The van der Waals surface area contributed by atoms with Crippen molar-refractivity contribution in [1.29, 1.82) is 0 Å². The summed E-state index contributed by atoms with van der Waals surface area (Å²) in [5.41, 5.74) is 0. The van der Waals surface area contributed by atoms with Gasteiger partial charge in [-0.25, -0.2) is 0 Å². The van der Waals surface area contributed by atoms with Gasteiger partial charge in [-0.3, -0.25) is 4.79 Å². The topological polar surface area (TPSA) is 47.0 Å². The molecule has 2 saturated heterocycles. The molecule has 1 N–H and O–H groups in total. The molecular weight excluding hydrogens is 302 g/mol. The molecule has 0 aromatic heterocycles. The van der Waals surface area contributed by atoms with E-state index >= 15 is 0 Å². The number of piperazine rings is 1. The van der Waals surface area contributed by atoms with Crippen LogP contribution in [0.3, 0.4) is 0 Å². The van der Waals surface area contributed by atoms with Crippen LogP contribution in [0.1, 0.15) is 39.0 Å². The normalized spacial score (nSPS) is 33.5. The summed E-state index contributed by atoms with van der Waals surface area (Å²) in [5.74, 6) is 1.51. The summed E-state index contributed by atoms with van der Waals surface area (Å²) in [5, 5.41) is 10.1. The van der Waals surface area contributed by atoms with Crippen LogP contribution in [0.5, 0.6) is 0 Å². The Balaban J connectivity index is 1.66. The fraction of sp³-hybridized carbons (Fsp3) is 0.947. The van der Waals surface area contributed by atoms with E-state index in [-0.39, 0.29) is 18.6 Å². The zero-order valence-corrected chi connectivity index (χ0v) is 15.5. The predicted octanol–water partition coefficient (Wildman–Crippen LogP) is 1.27. The van der Waals surface area contributed by atoms with Gasteiger partial charge in [-0.1, -0.05) is 26.2 Å². The fourth-order valence-electron chi connectivity index (χ4n) is 4.99. The maximum atomic E-state index is 13.0. The van der Waals surface area contributed by atoms with Gasteiger partial charge in [0.25, 0.3) is 0 Å². The molecule has 3 atom stereocenters. The van der Waals surface area contributed by atoms with Crippen LogP contribution in [0.15, 0.2) is 0 Å². The number of nitrogens with zero attached hydrogens (tertiary/aromatic N) is 3. The molecule has 1 amide bonds. The minimum Gasteiger partial charge on any atom is -0.394 e. The van der Waals surface area contributed by atoms with Gasteiger partial charge in [0.2, 0.25) is 5.91 Å². The molecule has 1 aliphatic carbocycles. The molecule has 3 aliphatic rings. The molecule has 3 fully saturated rings. The molecule has 0 aromatic carbocycles. The average molecular weight is 338 g/mol. The number of carbonyl (C=O) groups excluding carboxylic acids is 1. The highest BCUT2D eigenvalue weighted by Crippen LogP contribution is 2.36. The molecule has 5 heteroatoms. The standard InChI is InChI=1S/C19H35N3O2/c1-3-15-12-22(19(24)16-6-4-5-7-16)18(14-23)17(15)13-21-10-8-20(2)9-11-21/h15-18,23H,3-14H2,1-2H3/t15-,17-,18-/m1/s1. The van der Waals surface area contributed by atoms with Crippen LogP contribution in [0, 0.1) is 17.8 Å². The predicted molar refractivity (Wildman–Crippen MR) is 95.8 cm³/mol. The smallest absolute Gasteiger partial charge is 0.226 e. The summed E-state index contributed by atoms with van der Waals surface area (Å²) >= 11 is 0. The number of aliphatic hydroxyl groups is 1. The van der Waals surface area contributed by atoms with Crippen LogP contribution < -0.4 is 0 Å². The number of aliphatic hydroxyl groups excluding tert-OH is 1. The Bertz CT molecular complexity index is 417. The van der Waals surface area contributed by atoms with Crippen molar-refractivity contribution in [3.63, 3.8) is 0 Å². The van der Waals surface area contributed by atoms with Crippen molar-refractivity contribution in [1.82, 2.24) is 14.7 Å². The van der Waals surface area contributed by atoms with Crippen molar-refractivity contribution in [3.8, 4) is 0 Å². The highest BCUT2D eigenvalue weighted by Gasteiger charge is 2.45. The first-order chi connectivity index (χ1) is 11.6. The minimum absolute atomic E-state index is 0.0303. The number of carbonyl (C=O) groups is 1. The Morgan fingerprint density at radius 3 is 2.38 bits per heavy atom. The number of likely N-dealkylation sites (tertiary alicyclic amines) is 1. The summed E-state index contributed by atoms with van der Waals surface area (Å²) in [4.78, 5) is 19.9. The molecule has 2 heterocycles. The van der Waals surface area contributed by atoms with Crippen molar-refractivity contribution in [3.05, 3.63) is 0 Å². The van der Waals surface area contributed by atoms with Crippen LogP contribution in [0.25, 0.3) is 0 Å². The van der Waals surface area contributed by atoms with E-state index < -0.39 is 0 Å². The van der Waals surface area contributed by atoms with Gasteiger partial charge < -0.3 is 19.8 Å². The van der Waals surface area contributed by atoms with Crippen LogP contribution in [0.4, 0.5) is 0 Å². The first-order valence-corrected chi connectivity index (χ1v) is 9.96. The molecule has 0 unspecified atom stereocenters. The third kappa shape index (κ3) is 3.78. The molecule has 2 aliphatic heterocycles. The SMILES string of the molecule is CC[C@@H]1CN(C(=O)C2CCCC2)[C@H](CO)[C@@H]1CN1CCN(C)CC1. The zero-order chi connectivity index (χ0) is 17.1. The summed E-state index contributed by atoms with van der Waals surface area (Å²) in [6.07, 6.45) is 5.58. The Kier molecular flexibility index (Phi) is 6.17. The van der Waals surface area contributed by atoms with Crippen molar-refractivity contribution in [2.75, 3.05) is 52.9 Å². The monoisotopic (exact) mass is 337 g/mol. The second-order valence-corrected chi connectivity index (χ2v) is 8.16. The van der Waals surface area contributed by atoms with Gasteiger partial charge in [0, 0.05) is 45.2 Å². The zero-order valence-electron chi connectivity index (χ0n) is 15.5. The average Bonchev–Trinajstić information content (AvgIpc) is 3.24. The lowest BCUT2D eigenvalue weighted by Gasteiger charge is -2.36. The Morgan fingerprint density at radius 1 is 1.12 bits per heavy atom. The Hall–Kier alpha value is -0.650. The van der Waals surface area contributed by atoms with Crippen molar-refractivity contribution >= 4 is 5.91 Å². The fourth-order valence-corrected chi connectivity index (χ4v) is 4.99. The van der Waals surface area contributed by atoms with Crippen LogP contribution in [0.2, 0.25) is 0 Å². The number of amides is 1. The van der Waals surface area contributed by atoms with Crippen molar-refractivity contribution in [2.45, 2.75) is 45.1 Å². The molecule has 0 spiro atoms. The molecule has 0 radical (unpaired) electrons. The summed E-state index contributed by atoms with van der Waals surface area (Å²) in [6.45, 7) is 8.71. The summed E-state index contributed by atoms with van der Waals surface area (Å²) in [7, 11) is 2.18. The lowest BCUT2D eigenvalue weighted by Crippen LogP contribution is -2.49. The highest BCUT2D eigenvalue weighted by molar-refractivity contribution is 5.79. The van der Waals surface area contributed by atoms with E-state index in [1.807, 2.05) is 0 Å². The van der Waals surface area contributed by atoms with Crippen LogP contribution in [-0.4, -0.2) is 84.7 Å².